The lowest BCUT2D eigenvalue weighted by molar-refractivity contribution is -0.384. The van der Waals surface area contributed by atoms with Crippen molar-refractivity contribution in [1.29, 1.82) is 0 Å². The molecule has 0 aromatic heterocycles. The average molecular weight is 302 g/mol. The van der Waals surface area contributed by atoms with E-state index in [9.17, 15) is 19.7 Å². The zero-order chi connectivity index (χ0) is 15.3. The lowest BCUT2D eigenvalue weighted by Crippen LogP contribution is -2.26. The third-order valence-corrected chi connectivity index (χ3v) is 2.61. The number of nitro benzene ring substituents is 1. The smallest absolute Gasteiger partial charge is 0.347 e. The number of esters is 2. The first-order chi connectivity index (χ1) is 9.36. The largest absolute Gasteiger partial charge is 0.463 e. The maximum atomic E-state index is 11.8. The fraction of sp³-hybridized carbons (Fsp3) is 0.333. The van der Waals surface area contributed by atoms with Crippen LogP contribution >= 0.6 is 11.6 Å². The van der Waals surface area contributed by atoms with E-state index in [1.54, 1.807) is 6.92 Å². The maximum absolute atomic E-state index is 11.8. The molecule has 0 aliphatic heterocycles. The van der Waals surface area contributed by atoms with Gasteiger partial charge in [0, 0.05) is 12.1 Å². The molecule has 0 N–H and O–H groups in total. The summed E-state index contributed by atoms with van der Waals surface area (Å²) in [5.41, 5.74) is -0.484. The molecule has 1 aromatic rings. The molecule has 0 amide bonds. The van der Waals surface area contributed by atoms with Crippen molar-refractivity contribution in [1.82, 2.24) is 0 Å². The Balaban J connectivity index is 2.89. The van der Waals surface area contributed by atoms with E-state index in [1.807, 2.05) is 0 Å². The molecule has 8 heteroatoms. The van der Waals surface area contributed by atoms with Gasteiger partial charge in [-0.15, -0.1) is 0 Å². The average Bonchev–Trinajstić information content (AvgIpc) is 2.38. The molecular weight excluding hydrogens is 290 g/mol. The highest BCUT2D eigenvalue weighted by Gasteiger charge is 2.23. The summed E-state index contributed by atoms with van der Waals surface area (Å²) in [6, 6.07) is 3.36. The Morgan fingerprint density at radius 2 is 2.10 bits per heavy atom. The summed E-state index contributed by atoms with van der Waals surface area (Å²) in [4.78, 5) is 33.1. The van der Waals surface area contributed by atoms with Gasteiger partial charge in [-0.2, -0.15) is 0 Å². The van der Waals surface area contributed by atoms with Crippen LogP contribution in [-0.2, 0) is 14.3 Å². The van der Waals surface area contributed by atoms with Gasteiger partial charge < -0.3 is 9.47 Å². The van der Waals surface area contributed by atoms with Crippen molar-refractivity contribution in [2.75, 3.05) is 6.61 Å². The van der Waals surface area contributed by atoms with Gasteiger partial charge >= 0.3 is 11.9 Å². The number of nitro groups is 1. The highest BCUT2D eigenvalue weighted by Crippen LogP contribution is 2.23. The van der Waals surface area contributed by atoms with Gasteiger partial charge in [0.05, 0.1) is 22.1 Å². The van der Waals surface area contributed by atoms with Crippen molar-refractivity contribution in [2.45, 2.75) is 20.0 Å². The second kappa shape index (κ2) is 6.85. The Bertz CT molecular complexity index is 545. The highest BCUT2D eigenvalue weighted by molar-refractivity contribution is 6.33. The number of ether oxygens (including phenoxy) is 2. The van der Waals surface area contributed by atoms with Crippen LogP contribution in [0.4, 0.5) is 5.69 Å². The molecule has 0 aliphatic rings. The molecule has 20 heavy (non-hydrogen) atoms. The van der Waals surface area contributed by atoms with Crippen LogP contribution in [0.25, 0.3) is 0 Å². The molecule has 108 valence electrons. The van der Waals surface area contributed by atoms with E-state index in [4.69, 9.17) is 16.3 Å². The summed E-state index contributed by atoms with van der Waals surface area (Å²) in [6.07, 6.45) is -1.13. The molecule has 0 saturated heterocycles. The molecule has 0 unspecified atom stereocenters. The van der Waals surface area contributed by atoms with Gasteiger partial charge in [-0.3, -0.25) is 10.1 Å². The predicted molar refractivity (Wildman–Crippen MR) is 69.6 cm³/mol. The van der Waals surface area contributed by atoms with Gasteiger partial charge in [0.25, 0.3) is 5.69 Å². The number of halogens is 1. The van der Waals surface area contributed by atoms with Crippen molar-refractivity contribution in [3.05, 3.63) is 38.9 Å². The summed E-state index contributed by atoms with van der Waals surface area (Å²) in [7, 11) is 0. The van der Waals surface area contributed by atoms with E-state index >= 15 is 0 Å². The monoisotopic (exact) mass is 301 g/mol. The van der Waals surface area contributed by atoms with Crippen molar-refractivity contribution in [3.63, 3.8) is 0 Å². The highest BCUT2D eigenvalue weighted by atomic mass is 35.5. The zero-order valence-corrected chi connectivity index (χ0v) is 11.5. The third kappa shape index (κ3) is 3.92. The molecule has 0 spiro atoms. The number of rotatable bonds is 5. The molecule has 0 aliphatic carbocycles. The van der Waals surface area contributed by atoms with Gasteiger partial charge in [-0.25, -0.2) is 9.59 Å². The number of benzene rings is 1. The van der Waals surface area contributed by atoms with Crippen LogP contribution in [0.5, 0.6) is 0 Å². The number of nitrogens with zero attached hydrogens (tertiary/aromatic N) is 1. The Morgan fingerprint density at radius 1 is 1.45 bits per heavy atom. The Labute approximate surface area is 119 Å². The van der Waals surface area contributed by atoms with E-state index in [-0.39, 0.29) is 22.9 Å². The number of hydrogen-bond donors (Lipinski definition) is 0. The molecule has 0 fully saturated rings. The van der Waals surface area contributed by atoms with Gasteiger partial charge in [0.15, 0.2) is 6.10 Å². The zero-order valence-electron chi connectivity index (χ0n) is 10.8. The molecule has 1 rings (SSSR count). The summed E-state index contributed by atoms with van der Waals surface area (Å²) < 4.78 is 9.52. The van der Waals surface area contributed by atoms with Crippen LogP contribution in [0.3, 0.4) is 0 Å². The standard InChI is InChI=1S/C12H12ClNO6/c1-3-19-11(15)7(2)20-12(16)9-6-8(14(17)18)4-5-10(9)13/h4-7H,3H2,1-2H3/t7-/m1/s1. The van der Waals surface area contributed by atoms with Gasteiger partial charge in [0.1, 0.15) is 0 Å². The summed E-state index contributed by atoms with van der Waals surface area (Å²) >= 11 is 5.78. The lowest BCUT2D eigenvalue weighted by Gasteiger charge is -2.12. The van der Waals surface area contributed by atoms with E-state index in [0.717, 1.165) is 12.1 Å². The molecule has 7 nitrogen and oxygen atoms in total. The topological polar surface area (TPSA) is 95.7 Å². The molecule has 0 saturated carbocycles. The second-order valence-electron chi connectivity index (χ2n) is 3.72. The quantitative estimate of drug-likeness (QED) is 0.470. The molecule has 0 bridgehead atoms. The van der Waals surface area contributed by atoms with E-state index in [0.29, 0.717) is 0 Å². The first kappa shape index (κ1) is 15.9. The second-order valence-corrected chi connectivity index (χ2v) is 4.13. The summed E-state index contributed by atoms with van der Waals surface area (Å²) in [6.45, 7) is 3.10. The van der Waals surface area contributed by atoms with Crippen molar-refractivity contribution < 1.29 is 24.0 Å². The van der Waals surface area contributed by atoms with Gasteiger partial charge in [0.2, 0.25) is 0 Å². The minimum Gasteiger partial charge on any atom is -0.463 e. The minimum absolute atomic E-state index is 0.00309. The first-order valence-electron chi connectivity index (χ1n) is 5.68. The van der Waals surface area contributed by atoms with Crippen molar-refractivity contribution >= 4 is 29.2 Å². The van der Waals surface area contributed by atoms with Crippen LogP contribution in [-0.4, -0.2) is 29.6 Å². The van der Waals surface area contributed by atoms with Gasteiger partial charge in [-0.1, -0.05) is 11.6 Å². The van der Waals surface area contributed by atoms with Crippen LogP contribution in [0, 0.1) is 10.1 Å². The normalized spacial score (nSPS) is 11.6. The number of carbonyl (C=O) groups is 2. The van der Waals surface area contributed by atoms with Crippen LogP contribution < -0.4 is 0 Å². The number of hydrogen-bond acceptors (Lipinski definition) is 6. The van der Waals surface area contributed by atoms with Crippen molar-refractivity contribution in [2.24, 2.45) is 0 Å². The fourth-order valence-corrected chi connectivity index (χ4v) is 1.51. The van der Waals surface area contributed by atoms with Crippen molar-refractivity contribution in [3.8, 4) is 0 Å². The SMILES string of the molecule is CCOC(=O)[C@@H](C)OC(=O)c1cc([N+](=O)[O-])ccc1Cl. The predicted octanol–water partition coefficient (Wildman–Crippen LogP) is 2.36. The lowest BCUT2D eigenvalue weighted by atomic mass is 10.2. The van der Waals surface area contributed by atoms with E-state index in [2.05, 4.69) is 4.74 Å². The van der Waals surface area contributed by atoms with Gasteiger partial charge in [-0.05, 0) is 19.9 Å². The summed E-state index contributed by atoms with van der Waals surface area (Å²) in [5, 5.41) is 10.6. The Kier molecular flexibility index (Phi) is 5.45. The summed E-state index contributed by atoms with van der Waals surface area (Å²) in [5.74, 6) is -1.64. The molecule has 1 atom stereocenters. The Morgan fingerprint density at radius 3 is 2.65 bits per heavy atom. The Hall–Kier alpha value is -2.15. The minimum atomic E-state index is -1.13. The van der Waals surface area contributed by atoms with Crippen LogP contribution in [0.15, 0.2) is 18.2 Å². The number of carbonyl (C=O) groups excluding carboxylic acids is 2. The fourth-order valence-electron chi connectivity index (χ4n) is 1.32. The molecule has 0 heterocycles. The molecule has 1 aromatic carbocycles. The number of non-ortho nitro benzene ring substituents is 1. The third-order valence-electron chi connectivity index (χ3n) is 2.28. The molecule has 0 radical (unpaired) electrons. The van der Waals surface area contributed by atoms with Crippen LogP contribution in [0.2, 0.25) is 5.02 Å². The molecular formula is C12H12ClNO6. The van der Waals surface area contributed by atoms with E-state index < -0.39 is 23.0 Å². The van der Waals surface area contributed by atoms with E-state index in [1.165, 1.54) is 13.0 Å². The first-order valence-corrected chi connectivity index (χ1v) is 6.06. The van der Waals surface area contributed by atoms with Crippen LogP contribution in [0.1, 0.15) is 24.2 Å². The maximum Gasteiger partial charge on any atom is 0.347 e.